The minimum Gasteiger partial charge on any atom is -0.343 e. The average Bonchev–Trinajstić information content (AvgIpc) is 3.35. The van der Waals surface area contributed by atoms with Gasteiger partial charge in [-0.1, -0.05) is 29.4 Å². The molecule has 30 heavy (non-hydrogen) atoms. The van der Waals surface area contributed by atoms with Crippen molar-refractivity contribution in [1.29, 1.82) is 0 Å². The first kappa shape index (κ1) is 19.7. The van der Waals surface area contributed by atoms with Crippen molar-refractivity contribution in [3.63, 3.8) is 0 Å². The Morgan fingerprint density at radius 1 is 1.17 bits per heavy atom. The Balaban J connectivity index is 1.34. The van der Waals surface area contributed by atoms with E-state index < -0.39 is 11.7 Å². The van der Waals surface area contributed by atoms with Crippen molar-refractivity contribution in [3.05, 3.63) is 83.0 Å². The largest absolute Gasteiger partial charge is 0.343 e. The summed E-state index contributed by atoms with van der Waals surface area (Å²) in [7, 11) is 0. The third kappa shape index (κ3) is 4.35. The van der Waals surface area contributed by atoms with E-state index in [2.05, 4.69) is 15.5 Å². The number of carbonyl (C=O) groups is 2. The molecule has 0 bridgehead atoms. The minimum atomic E-state index is -0.619. The fourth-order valence-electron chi connectivity index (χ4n) is 3.31. The number of carbonyl (C=O) groups excluding carboxylic acids is 2. The Labute approximate surface area is 170 Å². The monoisotopic (exact) mass is 412 g/mol. The van der Waals surface area contributed by atoms with Gasteiger partial charge in [-0.15, -0.1) is 0 Å². The summed E-state index contributed by atoms with van der Waals surface area (Å²) in [6.07, 6.45) is 0.238. The number of amides is 2. The highest BCUT2D eigenvalue weighted by atomic mass is 19.1. The van der Waals surface area contributed by atoms with E-state index in [-0.39, 0.29) is 42.1 Å². The van der Waals surface area contributed by atoms with E-state index in [9.17, 15) is 18.4 Å². The Kier molecular flexibility index (Phi) is 5.51. The van der Waals surface area contributed by atoms with Gasteiger partial charge in [0.1, 0.15) is 11.6 Å². The molecule has 0 aliphatic carbocycles. The predicted molar refractivity (Wildman–Crippen MR) is 101 cm³/mol. The molecule has 3 aromatic rings. The summed E-state index contributed by atoms with van der Waals surface area (Å²) in [5.41, 5.74) is 0.755. The summed E-state index contributed by atoms with van der Waals surface area (Å²) in [5.74, 6) is -1.28. The Hall–Kier alpha value is -3.62. The van der Waals surface area contributed by atoms with Crippen molar-refractivity contribution in [2.75, 3.05) is 6.54 Å². The van der Waals surface area contributed by atoms with E-state index in [1.165, 1.54) is 30.3 Å². The van der Waals surface area contributed by atoms with Crippen LogP contribution >= 0.6 is 0 Å². The number of benzene rings is 2. The van der Waals surface area contributed by atoms with Crippen LogP contribution in [-0.2, 0) is 17.9 Å². The number of rotatable bonds is 6. The number of hydrogen-bond acceptors (Lipinski definition) is 5. The van der Waals surface area contributed by atoms with Crippen molar-refractivity contribution < 1.29 is 22.9 Å². The smallest absolute Gasteiger partial charge is 0.254 e. The van der Waals surface area contributed by atoms with Crippen molar-refractivity contribution >= 4 is 11.8 Å². The van der Waals surface area contributed by atoms with Crippen molar-refractivity contribution in [1.82, 2.24) is 20.4 Å². The number of halogens is 2. The zero-order valence-electron chi connectivity index (χ0n) is 15.8. The summed E-state index contributed by atoms with van der Waals surface area (Å²) in [6.45, 7) is 0.732. The first-order valence-corrected chi connectivity index (χ1v) is 9.37. The van der Waals surface area contributed by atoms with Crippen LogP contribution in [0.3, 0.4) is 0 Å². The first-order chi connectivity index (χ1) is 14.5. The third-order valence-electron chi connectivity index (χ3n) is 4.87. The molecule has 0 spiro atoms. The Bertz CT molecular complexity index is 1070. The molecular formula is C21H18F2N4O3. The van der Waals surface area contributed by atoms with Crippen LogP contribution < -0.4 is 5.32 Å². The van der Waals surface area contributed by atoms with Crippen LogP contribution in [-0.4, -0.2) is 33.4 Å². The summed E-state index contributed by atoms with van der Waals surface area (Å²) in [6, 6.07) is 11.6. The molecule has 154 valence electrons. The quantitative estimate of drug-likeness (QED) is 0.673. The van der Waals surface area contributed by atoms with Gasteiger partial charge in [0.05, 0.1) is 12.1 Å². The van der Waals surface area contributed by atoms with Crippen molar-refractivity contribution in [2.24, 2.45) is 0 Å². The predicted octanol–water partition coefficient (Wildman–Crippen LogP) is 2.79. The molecular weight excluding hydrogens is 394 g/mol. The molecule has 1 aromatic heterocycles. The van der Waals surface area contributed by atoms with Crippen LogP contribution in [0, 0.1) is 11.6 Å². The summed E-state index contributed by atoms with van der Waals surface area (Å²) < 4.78 is 31.8. The molecule has 1 aliphatic heterocycles. The van der Waals surface area contributed by atoms with Gasteiger partial charge in [-0.2, -0.15) is 4.98 Å². The van der Waals surface area contributed by atoms with E-state index >= 15 is 0 Å². The van der Waals surface area contributed by atoms with Crippen LogP contribution in [0.4, 0.5) is 8.78 Å². The lowest BCUT2D eigenvalue weighted by molar-refractivity contribution is -0.128. The molecule has 0 saturated carbocycles. The van der Waals surface area contributed by atoms with Gasteiger partial charge in [-0.25, -0.2) is 8.78 Å². The third-order valence-corrected chi connectivity index (χ3v) is 4.87. The van der Waals surface area contributed by atoms with Gasteiger partial charge >= 0.3 is 0 Å². The molecule has 0 radical (unpaired) electrons. The molecule has 2 aromatic carbocycles. The molecule has 9 heteroatoms. The van der Waals surface area contributed by atoms with Gasteiger partial charge in [0.25, 0.3) is 5.91 Å². The zero-order valence-corrected chi connectivity index (χ0v) is 15.8. The summed E-state index contributed by atoms with van der Waals surface area (Å²) in [5, 5.41) is 6.45. The number of likely N-dealkylation sites (tertiary alicyclic amines) is 1. The van der Waals surface area contributed by atoms with Gasteiger partial charge in [0.15, 0.2) is 5.82 Å². The van der Waals surface area contributed by atoms with Crippen LogP contribution in [0.25, 0.3) is 0 Å². The molecule has 2 amide bonds. The first-order valence-electron chi connectivity index (χ1n) is 9.37. The second kappa shape index (κ2) is 8.40. The normalized spacial score (nSPS) is 16.1. The van der Waals surface area contributed by atoms with Gasteiger partial charge < -0.3 is 14.7 Å². The minimum absolute atomic E-state index is 0.0523. The maximum atomic E-state index is 13.7. The maximum Gasteiger partial charge on any atom is 0.254 e. The molecule has 4 rings (SSSR count). The van der Waals surface area contributed by atoms with Gasteiger partial charge in [-0.3, -0.25) is 9.59 Å². The van der Waals surface area contributed by atoms with Crippen molar-refractivity contribution in [2.45, 2.75) is 25.4 Å². The Morgan fingerprint density at radius 3 is 2.70 bits per heavy atom. The zero-order chi connectivity index (χ0) is 21.1. The summed E-state index contributed by atoms with van der Waals surface area (Å²) >= 11 is 0. The summed E-state index contributed by atoms with van der Waals surface area (Å²) in [4.78, 5) is 30.3. The van der Waals surface area contributed by atoms with Crippen LogP contribution in [0.5, 0.6) is 0 Å². The number of aromatic nitrogens is 2. The average molecular weight is 412 g/mol. The van der Waals surface area contributed by atoms with E-state index in [0.29, 0.717) is 18.9 Å². The van der Waals surface area contributed by atoms with Gasteiger partial charge in [-0.05, 0) is 29.8 Å². The van der Waals surface area contributed by atoms with E-state index in [0.717, 1.165) is 5.56 Å². The molecule has 1 saturated heterocycles. The standard InChI is InChI=1S/C21H18F2N4O3/c22-15-7-5-13(6-8-15)11-27-12-14(9-19(27)28)20-25-18(30-26-20)10-24-21(29)16-3-1-2-4-17(16)23/h1-8,14H,9-12H2,(H,24,29)/t14-/m1/s1. The van der Waals surface area contributed by atoms with Crippen LogP contribution in [0.2, 0.25) is 0 Å². The van der Waals surface area contributed by atoms with Crippen molar-refractivity contribution in [3.8, 4) is 0 Å². The van der Waals surface area contributed by atoms with Crippen LogP contribution in [0.1, 0.15) is 40.0 Å². The lowest BCUT2D eigenvalue weighted by atomic mass is 10.1. The lowest BCUT2D eigenvalue weighted by Crippen LogP contribution is -2.24. The Morgan fingerprint density at radius 2 is 1.93 bits per heavy atom. The fourth-order valence-corrected chi connectivity index (χ4v) is 3.31. The SMILES string of the molecule is O=C(NCc1nc([C@@H]2CC(=O)N(Cc3ccc(F)cc3)C2)no1)c1ccccc1F. The fraction of sp³-hybridized carbons (Fsp3) is 0.238. The lowest BCUT2D eigenvalue weighted by Gasteiger charge is -2.16. The highest BCUT2D eigenvalue weighted by Gasteiger charge is 2.33. The molecule has 0 unspecified atom stereocenters. The van der Waals surface area contributed by atoms with E-state index in [1.54, 1.807) is 23.1 Å². The van der Waals surface area contributed by atoms with E-state index in [1.807, 2.05) is 0 Å². The highest BCUT2D eigenvalue weighted by molar-refractivity contribution is 5.94. The maximum absolute atomic E-state index is 13.7. The van der Waals surface area contributed by atoms with Gasteiger partial charge in [0.2, 0.25) is 11.8 Å². The van der Waals surface area contributed by atoms with E-state index in [4.69, 9.17) is 4.52 Å². The molecule has 1 aliphatic rings. The molecule has 2 heterocycles. The second-order valence-electron chi connectivity index (χ2n) is 7.01. The number of nitrogens with zero attached hydrogens (tertiary/aromatic N) is 3. The number of nitrogens with one attached hydrogen (secondary N) is 1. The number of hydrogen-bond donors (Lipinski definition) is 1. The topological polar surface area (TPSA) is 88.3 Å². The second-order valence-corrected chi connectivity index (χ2v) is 7.01. The molecule has 1 N–H and O–H groups in total. The molecule has 1 atom stereocenters. The highest BCUT2D eigenvalue weighted by Crippen LogP contribution is 2.27. The molecule has 1 fully saturated rings. The van der Waals surface area contributed by atoms with Crippen LogP contribution in [0.15, 0.2) is 53.1 Å². The molecule has 7 nitrogen and oxygen atoms in total. The van der Waals surface area contributed by atoms with Gasteiger partial charge in [0, 0.05) is 25.4 Å².